The molecule has 3 atom stereocenters. The zero-order chi connectivity index (χ0) is 25.2. The van der Waals surface area contributed by atoms with Crippen molar-refractivity contribution in [3.63, 3.8) is 0 Å². The molecule has 0 amide bonds. The van der Waals surface area contributed by atoms with Gasteiger partial charge < -0.3 is 24.8 Å². The van der Waals surface area contributed by atoms with Crippen LogP contribution in [0.4, 0.5) is 0 Å². The Hall–Kier alpha value is -2.29. The molecule has 7 heteroatoms. The lowest BCUT2D eigenvalue weighted by atomic mass is 9.82. The Morgan fingerprint density at radius 2 is 1.94 bits per heavy atom. The van der Waals surface area contributed by atoms with Gasteiger partial charge in [0.05, 0.1) is 25.9 Å². The van der Waals surface area contributed by atoms with Gasteiger partial charge >= 0.3 is 0 Å². The van der Waals surface area contributed by atoms with Crippen molar-refractivity contribution in [2.45, 2.75) is 51.5 Å². The number of aliphatic hydroxyl groups is 1. The van der Waals surface area contributed by atoms with Crippen LogP contribution in [0, 0.1) is 12.8 Å². The number of aromatic nitrogens is 2. The Morgan fingerprint density at radius 1 is 1.11 bits per heavy atom. The summed E-state index contributed by atoms with van der Waals surface area (Å²) in [6.07, 6.45) is 12.7. The van der Waals surface area contributed by atoms with E-state index in [2.05, 4.69) is 71.7 Å². The molecule has 1 fully saturated rings. The first kappa shape index (κ1) is 26.8. The summed E-state index contributed by atoms with van der Waals surface area (Å²) in [6.45, 7) is 10.9. The van der Waals surface area contributed by atoms with Crippen LogP contribution in [0.1, 0.15) is 37.3 Å². The molecule has 0 saturated carbocycles. The van der Waals surface area contributed by atoms with Gasteiger partial charge in [0.1, 0.15) is 0 Å². The van der Waals surface area contributed by atoms with E-state index in [0.717, 1.165) is 58.5 Å². The third-order valence-corrected chi connectivity index (χ3v) is 7.23. The monoisotopic (exact) mass is 494 g/mol. The molecule has 2 heterocycles. The largest absolute Gasteiger partial charge is 0.392 e. The van der Waals surface area contributed by atoms with Crippen molar-refractivity contribution in [1.82, 2.24) is 20.0 Å². The van der Waals surface area contributed by atoms with Gasteiger partial charge in [-0.3, -0.25) is 4.68 Å². The Kier molecular flexibility index (Phi) is 9.90. The number of benzene rings is 1. The Labute approximate surface area is 215 Å². The summed E-state index contributed by atoms with van der Waals surface area (Å²) in [5.74, 6) is -0.726. The average molecular weight is 495 g/mol. The van der Waals surface area contributed by atoms with E-state index in [0.29, 0.717) is 13.2 Å². The van der Waals surface area contributed by atoms with Crippen molar-refractivity contribution in [2.75, 3.05) is 45.9 Å². The highest BCUT2D eigenvalue weighted by Gasteiger charge is 2.40. The number of nitrogens with one attached hydrogen (secondary N) is 1. The molecule has 2 N–H and O–H groups in total. The van der Waals surface area contributed by atoms with E-state index in [4.69, 9.17) is 9.47 Å². The van der Waals surface area contributed by atoms with E-state index >= 15 is 0 Å². The van der Waals surface area contributed by atoms with Crippen LogP contribution in [0.25, 0.3) is 5.57 Å². The number of nitrogens with zero attached hydrogens (tertiary/aromatic N) is 3. The molecule has 2 aliphatic rings. The van der Waals surface area contributed by atoms with E-state index in [1.807, 2.05) is 16.9 Å². The van der Waals surface area contributed by atoms with Gasteiger partial charge in [-0.2, -0.15) is 5.10 Å². The molecule has 1 saturated heterocycles. The molecule has 1 aromatic carbocycles. The fourth-order valence-corrected chi connectivity index (χ4v) is 5.11. The van der Waals surface area contributed by atoms with Crippen molar-refractivity contribution in [1.29, 1.82) is 0 Å². The predicted molar refractivity (Wildman–Crippen MR) is 143 cm³/mol. The van der Waals surface area contributed by atoms with Crippen molar-refractivity contribution < 1.29 is 14.6 Å². The summed E-state index contributed by atoms with van der Waals surface area (Å²) in [7, 11) is 0. The summed E-state index contributed by atoms with van der Waals surface area (Å²) < 4.78 is 15.1. The first-order valence-corrected chi connectivity index (χ1v) is 13.4. The zero-order valence-electron chi connectivity index (χ0n) is 21.8. The number of aryl methyl sites for hydroxylation is 1. The van der Waals surface area contributed by atoms with Crippen LogP contribution in [0.15, 0.2) is 61.0 Å². The third-order valence-electron chi connectivity index (χ3n) is 7.23. The highest BCUT2D eigenvalue weighted by Crippen LogP contribution is 2.40. The van der Waals surface area contributed by atoms with Gasteiger partial charge in [-0.05, 0) is 61.6 Å². The molecule has 0 spiro atoms. The quantitative estimate of drug-likeness (QED) is 0.309. The number of β-amino-alcohol motifs (C(OH)–C–C–N with tert-alkyl or cyclic N) is 1. The molecular weight excluding hydrogens is 452 g/mol. The van der Waals surface area contributed by atoms with Crippen molar-refractivity contribution in [3.05, 3.63) is 72.1 Å². The number of ether oxygens (including phenoxy) is 2. The van der Waals surface area contributed by atoms with Gasteiger partial charge in [0.2, 0.25) is 0 Å². The smallest absolute Gasteiger partial charge is 0.194 e. The Balaban J connectivity index is 1.32. The maximum absolute atomic E-state index is 9.80. The molecule has 2 aromatic rings. The van der Waals surface area contributed by atoms with E-state index in [1.54, 1.807) is 6.20 Å². The number of aliphatic hydroxyl groups excluding tert-OH is 1. The number of hydrogen-bond donors (Lipinski definition) is 2. The van der Waals surface area contributed by atoms with E-state index in [1.165, 1.54) is 16.7 Å². The molecule has 1 aliphatic carbocycles. The maximum Gasteiger partial charge on any atom is 0.194 e. The molecule has 1 aromatic heterocycles. The second kappa shape index (κ2) is 13.3. The standard InChI is InChI=1S/C29H42N4O3/c1-24-9-3-4-10-27(24)28-11-5-13-29(25(28)2,36-22-8-17-32-19-12-26(34)23-32)35-21-7-14-30-16-20-33-18-6-15-31-33/h3-6,9-11,13,15,18,25-26,30,34H,7-8,12,14,16-17,19-23H2,1-2H3/t25?,26-,29?/m1/s1. The summed E-state index contributed by atoms with van der Waals surface area (Å²) in [5.41, 5.74) is 3.75. The topological polar surface area (TPSA) is 71.8 Å². The zero-order valence-corrected chi connectivity index (χ0v) is 21.8. The Morgan fingerprint density at radius 3 is 2.69 bits per heavy atom. The van der Waals surface area contributed by atoms with E-state index in [-0.39, 0.29) is 12.0 Å². The summed E-state index contributed by atoms with van der Waals surface area (Å²) >= 11 is 0. The van der Waals surface area contributed by atoms with Gasteiger partial charge in [-0.15, -0.1) is 0 Å². The first-order valence-electron chi connectivity index (χ1n) is 13.4. The number of hydrogen-bond acceptors (Lipinski definition) is 6. The molecular formula is C29H42N4O3. The molecule has 7 nitrogen and oxygen atoms in total. The summed E-state index contributed by atoms with van der Waals surface area (Å²) in [6, 6.07) is 10.5. The minimum absolute atomic E-state index is 0.0602. The summed E-state index contributed by atoms with van der Waals surface area (Å²) in [4.78, 5) is 2.31. The molecule has 36 heavy (non-hydrogen) atoms. The lowest BCUT2D eigenvalue weighted by Crippen LogP contribution is -2.43. The highest BCUT2D eigenvalue weighted by atomic mass is 16.7. The van der Waals surface area contributed by atoms with Gasteiger partial charge in [-0.1, -0.05) is 43.3 Å². The fourth-order valence-electron chi connectivity index (χ4n) is 5.11. The van der Waals surface area contributed by atoms with Gasteiger partial charge in [0.25, 0.3) is 0 Å². The fraction of sp³-hybridized carbons (Fsp3) is 0.552. The second-order valence-corrected chi connectivity index (χ2v) is 9.91. The van der Waals surface area contributed by atoms with Crippen LogP contribution in [-0.4, -0.2) is 77.6 Å². The van der Waals surface area contributed by atoms with Gasteiger partial charge in [0.15, 0.2) is 5.79 Å². The van der Waals surface area contributed by atoms with Crippen molar-refractivity contribution in [3.8, 4) is 0 Å². The minimum Gasteiger partial charge on any atom is -0.392 e. The van der Waals surface area contributed by atoms with Crippen LogP contribution in [0.2, 0.25) is 0 Å². The molecule has 4 rings (SSSR count). The molecule has 1 aliphatic heterocycles. The first-order chi connectivity index (χ1) is 17.6. The van der Waals surface area contributed by atoms with Crippen LogP contribution in [-0.2, 0) is 16.0 Å². The van der Waals surface area contributed by atoms with Crippen molar-refractivity contribution >= 4 is 5.57 Å². The second-order valence-electron chi connectivity index (χ2n) is 9.91. The Bertz CT molecular complexity index is 990. The normalized spacial score (nSPS) is 24.4. The number of likely N-dealkylation sites (tertiary alicyclic amines) is 1. The lowest BCUT2D eigenvalue weighted by Gasteiger charge is -2.40. The van der Waals surface area contributed by atoms with Crippen LogP contribution >= 0.6 is 0 Å². The third kappa shape index (κ3) is 7.14. The van der Waals surface area contributed by atoms with Gasteiger partial charge in [-0.25, -0.2) is 0 Å². The van der Waals surface area contributed by atoms with Crippen LogP contribution in [0.3, 0.4) is 0 Å². The van der Waals surface area contributed by atoms with E-state index < -0.39 is 5.79 Å². The number of allylic oxidation sites excluding steroid dienone is 2. The summed E-state index contributed by atoms with van der Waals surface area (Å²) in [5, 5.41) is 17.5. The predicted octanol–water partition coefficient (Wildman–Crippen LogP) is 3.65. The van der Waals surface area contributed by atoms with Crippen LogP contribution < -0.4 is 5.32 Å². The lowest BCUT2D eigenvalue weighted by molar-refractivity contribution is -0.223. The van der Waals surface area contributed by atoms with E-state index in [9.17, 15) is 5.11 Å². The van der Waals surface area contributed by atoms with Crippen LogP contribution in [0.5, 0.6) is 0 Å². The molecule has 0 radical (unpaired) electrons. The number of rotatable bonds is 14. The van der Waals surface area contributed by atoms with Gasteiger partial charge in [0, 0.05) is 44.5 Å². The molecule has 196 valence electrons. The maximum atomic E-state index is 9.80. The highest BCUT2D eigenvalue weighted by molar-refractivity contribution is 5.73. The molecule has 0 bridgehead atoms. The molecule has 2 unspecified atom stereocenters. The minimum atomic E-state index is -0.786. The average Bonchev–Trinajstić information content (AvgIpc) is 3.55. The SMILES string of the molecule is Cc1ccccc1C1=CC=CC(OCCCNCCn2cccn2)(OCCCN2CC[C@@H](O)C2)C1C. The van der Waals surface area contributed by atoms with Crippen molar-refractivity contribution in [2.24, 2.45) is 5.92 Å².